The van der Waals surface area contributed by atoms with Crippen LogP contribution in [0.2, 0.25) is 0 Å². The van der Waals surface area contributed by atoms with Gasteiger partial charge in [-0.05, 0) is 12.3 Å². The minimum Gasteiger partial charge on any atom is -0.410 e. The van der Waals surface area contributed by atoms with E-state index in [-0.39, 0.29) is 0 Å². The Kier molecular flexibility index (Phi) is 0.888. The second kappa shape index (κ2) is 1.69. The first-order chi connectivity index (χ1) is 4.47. The molecule has 9 heavy (non-hydrogen) atoms. The maximum absolute atomic E-state index is 3.17. The van der Waals surface area contributed by atoms with Gasteiger partial charge in [0, 0.05) is 12.4 Å². The van der Waals surface area contributed by atoms with Crippen LogP contribution in [0.1, 0.15) is 0 Å². The Morgan fingerprint density at radius 2 is 2.22 bits per heavy atom. The van der Waals surface area contributed by atoms with Crippen molar-refractivity contribution in [2.45, 2.75) is 0 Å². The van der Waals surface area contributed by atoms with Crippen LogP contribution in [-0.4, -0.2) is 11.8 Å². The van der Waals surface area contributed by atoms with Gasteiger partial charge < -0.3 is 10.0 Å². The zero-order valence-corrected chi connectivity index (χ0v) is 4.99. The molecule has 0 saturated heterocycles. The van der Waals surface area contributed by atoms with E-state index in [0.717, 1.165) is 0 Å². The smallest absolute Gasteiger partial charge is 0.404 e. The van der Waals surface area contributed by atoms with Gasteiger partial charge in [-0.15, -0.1) is 0 Å². The van der Waals surface area contributed by atoms with Crippen LogP contribution in [0.25, 0.3) is 0 Å². The van der Waals surface area contributed by atoms with Gasteiger partial charge in [-0.25, -0.2) is 0 Å². The Morgan fingerprint density at radius 3 is 3.11 bits per heavy atom. The van der Waals surface area contributed by atoms with Crippen molar-refractivity contribution in [2.75, 3.05) is 0 Å². The summed E-state index contributed by atoms with van der Waals surface area (Å²) in [6.45, 7) is 0.370. The fourth-order valence-corrected chi connectivity index (χ4v) is 1.02. The highest BCUT2D eigenvalue weighted by molar-refractivity contribution is 6.60. The molecule has 0 aromatic carbocycles. The van der Waals surface area contributed by atoms with Gasteiger partial charge in [0.1, 0.15) is 0 Å². The molecule has 1 N–H and O–H groups in total. The molecule has 0 unspecified atom stereocenters. The van der Waals surface area contributed by atoms with E-state index < -0.39 is 0 Å². The fourth-order valence-electron chi connectivity index (χ4n) is 1.02. The Morgan fingerprint density at radius 1 is 1.22 bits per heavy atom. The first-order valence-electron chi connectivity index (χ1n) is 3.02. The summed E-state index contributed by atoms with van der Waals surface area (Å²) >= 11 is 0. The van der Waals surface area contributed by atoms with E-state index in [9.17, 15) is 0 Å². The average molecular weight is 118 g/mol. The predicted molar refractivity (Wildman–Crippen MR) is 38.1 cm³/mol. The van der Waals surface area contributed by atoms with E-state index in [1.165, 1.54) is 0 Å². The molecule has 0 amide bonds. The van der Waals surface area contributed by atoms with Crippen molar-refractivity contribution in [1.82, 2.24) is 10.0 Å². The van der Waals surface area contributed by atoms with Crippen LogP contribution in [0, 0.1) is 0 Å². The van der Waals surface area contributed by atoms with Gasteiger partial charge in [0.25, 0.3) is 0 Å². The van der Waals surface area contributed by atoms with Gasteiger partial charge in [-0.1, -0.05) is 12.1 Å². The molecule has 44 valence electrons. The standard InChI is InChI=1S/C6H7BN2/c1-2-5-9-6-4-8-7(9)3-1/h1-6,8H. The lowest BCUT2D eigenvalue weighted by molar-refractivity contribution is 0.800. The Labute approximate surface area is 54.7 Å². The zero-order valence-electron chi connectivity index (χ0n) is 4.99. The predicted octanol–water partition coefficient (Wildman–Crippen LogP) is 0.474. The number of nitrogens with zero attached hydrogens (tertiary/aromatic N) is 1. The molecule has 3 heteroatoms. The quantitative estimate of drug-likeness (QED) is 0.465. The van der Waals surface area contributed by atoms with E-state index in [0.29, 0.717) is 6.98 Å². The number of nitrogens with one attached hydrogen (secondary N) is 1. The van der Waals surface area contributed by atoms with Crippen LogP contribution < -0.4 is 5.23 Å². The minimum atomic E-state index is 0.370. The highest BCUT2D eigenvalue weighted by atomic mass is 15.1. The second-order valence-electron chi connectivity index (χ2n) is 2.10. The van der Waals surface area contributed by atoms with E-state index >= 15 is 0 Å². The van der Waals surface area contributed by atoms with E-state index in [1.807, 2.05) is 30.8 Å². The molecule has 0 atom stereocenters. The number of hydrogen-bond donors (Lipinski definition) is 1. The highest BCUT2D eigenvalue weighted by Gasteiger charge is 2.20. The molecule has 2 rings (SSSR count). The number of hydrogen-bond acceptors (Lipinski definition) is 2. The summed E-state index contributed by atoms with van der Waals surface area (Å²) in [5.74, 6) is 2.11. The highest BCUT2D eigenvalue weighted by Crippen LogP contribution is 2.06. The Bertz CT molecular complexity index is 195. The summed E-state index contributed by atoms with van der Waals surface area (Å²) < 4.78 is 0. The molecule has 2 nitrogen and oxygen atoms in total. The molecular weight excluding hydrogens is 111 g/mol. The summed E-state index contributed by atoms with van der Waals surface area (Å²) in [6.07, 6.45) is 10.1. The molecule has 2 heterocycles. The topological polar surface area (TPSA) is 15.3 Å². The van der Waals surface area contributed by atoms with Crippen LogP contribution >= 0.6 is 0 Å². The van der Waals surface area contributed by atoms with Gasteiger partial charge in [0.05, 0.1) is 0 Å². The van der Waals surface area contributed by atoms with Crippen molar-refractivity contribution in [3.05, 3.63) is 36.7 Å². The van der Waals surface area contributed by atoms with Crippen LogP contribution in [0.15, 0.2) is 36.7 Å². The maximum atomic E-state index is 3.17. The second-order valence-corrected chi connectivity index (χ2v) is 2.10. The van der Waals surface area contributed by atoms with Gasteiger partial charge >= 0.3 is 6.98 Å². The largest absolute Gasteiger partial charge is 0.410 e. The van der Waals surface area contributed by atoms with Crippen LogP contribution in [-0.2, 0) is 0 Å². The van der Waals surface area contributed by atoms with E-state index in [4.69, 9.17) is 0 Å². The molecule has 0 radical (unpaired) electrons. The lowest BCUT2D eigenvalue weighted by Gasteiger charge is -2.16. The maximum Gasteiger partial charge on any atom is 0.404 e. The molecule has 2 aliphatic rings. The Hall–Kier alpha value is -1.12. The average Bonchev–Trinajstić information content (AvgIpc) is 2.33. The van der Waals surface area contributed by atoms with Crippen LogP contribution in [0.5, 0.6) is 0 Å². The van der Waals surface area contributed by atoms with Crippen molar-refractivity contribution in [2.24, 2.45) is 0 Å². The third-order valence-electron chi connectivity index (χ3n) is 1.50. The van der Waals surface area contributed by atoms with Gasteiger partial charge in [0.2, 0.25) is 0 Å². The molecule has 0 aromatic heterocycles. The molecule has 2 aliphatic heterocycles. The molecule has 0 fully saturated rings. The molecule has 0 spiro atoms. The summed E-state index contributed by atoms with van der Waals surface area (Å²) in [5, 5.41) is 3.17. The van der Waals surface area contributed by atoms with Crippen molar-refractivity contribution in [3.63, 3.8) is 0 Å². The fraction of sp³-hybridized carbons (Fsp3) is 0. The normalized spacial score (nSPS) is 20.4. The minimum absolute atomic E-state index is 0.370. The zero-order chi connectivity index (χ0) is 6.10. The molecular formula is C6H7BN2. The monoisotopic (exact) mass is 118 g/mol. The number of fused-ring (bicyclic) bond motifs is 1. The van der Waals surface area contributed by atoms with E-state index in [1.54, 1.807) is 0 Å². The van der Waals surface area contributed by atoms with Crippen molar-refractivity contribution >= 4 is 6.98 Å². The van der Waals surface area contributed by atoms with Crippen molar-refractivity contribution in [3.8, 4) is 0 Å². The number of allylic oxidation sites excluding steroid dienone is 2. The summed E-state index contributed by atoms with van der Waals surface area (Å²) in [5.41, 5.74) is 0. The van der Waals surface area contributed by atoms with Crippen molar-refractivity contribution < 1.29 is 0 Å². The third kappa shape index (κ3) is 0.651. The SMILES string of the molecule is C1=CB2NC=CN2C=C1. The lowest BCUT2D eigenvalue weighted by Crippen LogP contribution is -2.36. The molecule has 0 bridgehead atoms. The van der Waals surface area contributed by atoms with E-state index in [2.05, 4.69) is 16.0 Å². The summed E-state index contributed by atoms with van der Waals surface area (Å²) in [6, 6.07) is 0. The Balaban J connectivity index is 2.25. The number of rotatable bonds is 0. The van der Waals surface area contributed by atoms with Gasteiger partial charge in [0.15, 0.2) is 0 Å². The third-order valence-corrected chi connectivity index (χ3v) is 1.50. The summed E-state index contributed by atoms with van der Waals surface area (Å²) in [4.78, 5) is 2.11. The molecule has 0 aliphatic carbocycles. The summed E-state index contributed by atoms with van der Waals surface area (Å²) in [7, 11) is 0. The first kappa shape index (κ1) is 4.73. The molecule has 0 saturated carbocycles. The lowest BCUT2D eigenvalue weighted by atomic mass is 9.74. The van der Waals surface area contributed by atoms with Crippen LogP contribution in [0.4, 0.5) is 0 Å². The molecule has 0 aromatic rings. The van der Waals surface area contributed by atoms with Gasteiger partial charge in [-0.3, -0.25) is 0 Å². The van der Waals surface area contributed by atoms with Crippen LogP contribution in [0.3, 0.4) is 0 Å². The first-order valence-corrected chi connectivity index (χ1v) is 3.02. The van der Waals surface area contributed by atoms with Crippen molar-refractivity contribution in [1.29, 1.82) is 0 Å². The van der Waals surface area contributed by atoms with Gasteiger partial charge in [-0.2, -0.15) is 0 Å².